The van der Waals surface area contributed by atoms with Crippen LogP contribution in [-0.4, -0.2) is 30.1 Å². The molecule has 0 aromatic heterocycles. The Bertz CT molecular complexity index is 551. The Hall–Kier alpha value is -1.75. The fourth-order valence-corrected chi connectivity index (χ4v) is 2.67. The molecule has 3 N–H and O–H groups in total. The number of nitrogens with zero attached hydrogens (tertiary/aromatic N) is 1. The molecule has 0 saturated carbocycles. The van der Waals surface area contributed by atoms with Gasteiger partial charge in [-0.1, -0.05) is 11.6 Å². The van der Waals surface area contributed by atoms with E-state index in [1.54, 1.807) is 25.1 Å². The normalized spacial score (nSPS) is 17.8. The number of carboxylic acids is 1. The highest BCUT2D eigenvalue weighted by Crippen LogP contribution is 2.35. The van der Waals surface area contributed by atoms with Crippen molar-refractivity contribution in [1.82, 2.24) is 0 Å². The number of hydrogen-bond donors (Lipinski definition) is 2. The van der Waals surface area contributed by atoms with Crippen LogP contribution in [0.15, 0.2) is 18.2 Å². The number of halogens is 1. The molecule has 0 atom stereocenters. The maximum Gasteiger partial charge on any atom is 0.309 e. The summed E-state index contributed by atoms with van der Waals surface area (Å²) in [7, 11) is 0. The van der Waals surface area contributed by atoms with Crippen molar-refractivity contribution >= 4 is 29.2 Å². The second-order valence-electron chi connectivity index (χ2n) is 5.38. The lowest BCUT2D eigenvalue weighted by Crippen LogP contribution is -2.42. The van der Waals surface area contributed by atoms with Crippen molar-refractivity contribution in [3.63, 3.8) is 0 Å². The lowest BCUT2D eigenvalue weighted by atomic mass is 9.80. The largest absolute Gasteiger partial charge is 0.481 e. The number of piperidine rings is 1. The highest BCUT2D eigenvalue weighted by Gasteiger charge is 2.37. The summed E-state index contributed by atoms with van der Waals surface area (Å²) in [6, 6.07) is 4.94. The van der Waals surface area contributed by atoms with Crippen LogP contribution in [0, 0.1) is 5.41 Å². The van der Waals surface area contributed by atoms with E-state index in [1.807, 2.05) is 4.90 Å². The average molecular weight is 297 g/mol. The number of carbonyl (C=O) groups is 2. The molecule has 5 nitrogen and oxygen atoms in total. The minimum Gasteiger partial charge on any atom is -0.481 e. The summed E-state index contributed by atoms with van der Waals surface area (Å²) in [6.07, 6.45) is 1.13. The SMILES string of the molecule is CC1(C(=O)O)CCN(c2ccc(C(N)=O)cc2Cl)CC1. The van der Waals surface area contributed by atoms with Crippen molar-refractivity contribution in [2.24, 2.45) is 11.1 Å². The van der Waals surface area contributed by atoms with Crippen molar-refractivity contribution in [2.45, 2.75) is 19.8 Å². The second kappa shape index (κ2) is 5.32. The van der Waals surface area contributed by atoms with E-state index in [1.165, 1.54) is 0 Å². The van der Waals surface area contributed by atoms with Crippen LogP contribution >= 0.6 is 11.6 Å². The second-order valence-corrected chi connectivity index (χ2v) is 5.79. The van der Waals surface area contributed by atoms with Crippen LogP contribution in [0.5, 0.6) is 0 Å². The van der Waals surface area contributed by atoms with Crippen LogP contribution in [0.3, 0.4) is 0 Å². The minimum atomic E-state index is -0.757. The Kier molecular flexibility index (Phi) is 3.90. The molecule has 1 aromatic rings. The van der Waals surface area contributed by atoms with Crippen molar-refractivity contribution in [3.05, 3.63) is 28.8 Å². The molecule has 1 aromatic carbocycles. The number of primary amides is 1. The third-order valence-corrected chi connectivity index (χ3v) is 4.26. The highest BCUT2D eigenvalue weighted by molar-refractivity contribution is 6.33. The van der Waals surface area contributed by atoms with Crippen LogP contribution in [0.25, 0.3) is 0 Å². The van der Waals surface area contributed by atoms with Crippen LogP contribution < -0.4 is 10.6 Å². The number of amides is 1. The molecule has 1 amide bonds. The maximum atomic E-state index is 11.2. The number of rotatable bonds is 3. The molecule has 0 spiro atoms. The molecule has 2 rings (SSSR count). The number of carboxylic acid groups (broad SMARTS) is 1. The van der Waals surface area contributed by atoms with Gasteiger partial charge in [0.15, 0.2) is 0 Å². The van der Waals surface area contributed by atoms with Crippen molar-refractivity contribution in [1.29, 1.82) is 0 Å². The zero-order valence-electron chi connectivity index (χ0n) is 11.2. The molecule has 0 unspecified atom stereocenters. The van der Waals surface area contributed by atoms with Crippen LogP contribution in [0.4, 0.5) is 5.69 Å². The topological polar surface area (TPSA) is 83.6 Å². The number of hydrogen-bond acceptors (Lipinski definition) is 3. The Morgan fingerprint density at radius 1 is 1.35 bits per heavy atom. The average Bonchev–Trinajstić information content (AvgIpc) is 2.39. The lowest BCUT2D eigenvalue weighted by Gasteiger charge is -2.38. The van der Waals surface area contributed by atoms with Crippen molar-refractivity contribution < 1.29 is 14.7 Å². The number of carbonyl (C=O) groups excluding carboxylic acids is 1. The summed E-state index contributed by atoms with van der Waals surface area (Å²) in [5, 5.41) is 9.67. The first-order chi connectivity index (χ1) is 9.33. The summed E-state index contributed by atoms with van der Waals surface area (Å²) in [5.74, 6) is -1.28. The minimum absolute atomic E-state index is 0.367. The van der Waals surface area contributed by atoms with E-state index in [9.17, 15) is 14.7 Å². The molecular formula is C14H17ClN2O3. The highest BCUT2D eigenvalue weighted by atomic mass is 35.5. The third-order valence-electron chi connectivity index (χ3n) is 3.96. The van der Waals surface area contributed by atoms with Gasteiger partial charge in [-0.15, -0.1) is 0 Å². The van der Waals surface area contributed by atoms with Gasteiger partial charge in [0.1, 0.15) is 0 Å². The maximum absolute atomic E-state index is 11.2. The van der Waals surface area contributed by atoms with E-state index in [-0.39, 0.29) is 0 Å². The van der Waals surface area contributed by atoms with Crippen LogP contribution in [-0.2, 0) is 4.79 Å². The lowest BCUT2D eigenvalue weighted by molar-refractivity contribution is -0.149. The van der Waals surface area contributed by atoms with E-state index < -0.39 is 17.3 Å². The van der Waals surface area contributed by atoms with Gasteiger partial charge in [0, 0.05) is 18.7 Å². The molecule has 6 heteroatoms. The van der Waals surface area contributed by atoms with Gasteiger partial charge >= 0.3 is 5.97 Å². The van der Waals surface area contributed by atoms with Crippen molar-refractivity contribution in [3.8, 4) is 0 Å². The van der Waals surface area contributed by atoms with Crippen molar-refractivity contribution in [2.75, 3.05) is 18.0 Å². The van der Waals surface area contributed by atoms with Gasteiger partial charge in [-0.05, 0) is 38.0 Å². The Morgan fingerprint density at radius 3 is 2.40 bits per heavy atom. The van der Waals surface area contributed by atoms with E-state index in [0.29, 0.717) is 36.5 Å². The molecule has 0 radical (unpaired) electrons. The smallest absolute Gasteiger partial charge is 0.309 e. The van der Waals surface area contributed by atoms with Gasteiger partial charge in [0.05, 0.1) is 16.1 Å². The van der Waals surface area contributed by atoms with Gasteiger partial charge in [-0.3, -0.25) is 9.59 Å². The molecule has 20 heavy (non-hydrogen) atoms. The molecule has 1 aliphatic heterocycles. The molecule has 1 aliphatic rings. The quantitative estimate of drug-likeness (QED) is 0.895. The number of benzene rings is 1. The molecule has 0 bridgehead atoms. The molecule has 0 aliphatic carbocycles. The summed E-state index contributed by atoms with van der Waals surface area (Å²) in [5.41, 5.74) is 5.71. The van der Waals surface area contributed by atoms with E-state index in [0.717, 1.165) is 5.69 Å². The first kappa shape index (κ1) is 14.7. The predicted octanol–water partition coefficient (Wildman–Crippen LogP) is 2.13. The van der Waals surface area contributed by atoms with E-state index in [2.05, 4.69) is 0 Å². The number of anilines is 1. The number of nitrogens with two attached hydrogens (primary N) is 1. The van der Waals surface area contributed by atoms with Gasteiger partial charge in [-0.25, -0.2) is 0 Å². The third kappa shape index (κ3) is 2.72. The molecule has 1 heterocycles. The van der Waals surface area contributed by atoms with Gasteiger partial charge in [0.2, 0.25) is 5.91 Å². The number of aliphatic carboxylic acids is 1. The Labute approximate surface area is 122 Å². The summed E-state index contributed by atoms with van der Waals surface area (Å²) in [6.45, 7) is 3.02. The van der Waals surface area contributed by atoms with Gasteiger partial charge in [-0.2, -0.15) is 0 Å². The summed E-state index contributed by atoms with van der Waals surface area (Å²) in [4.78, 5) is 24.3. The standard InChI is InChI=1S/C14H17ClN2O3/c1-14(13(19)20)4-6-17(7-5-14)11-3-2-9(12(16)18)8-10(11)15/h2-3,8H,4-7H2,1H3,(H2,16,18)(H,19,20). The fraction of sp³-hybridized carbons (Fsp3) is 0.429. The summed E-state index contributed by atoms with van der Waals surface area (Å²) < 4.78 is 0. The Morgan fingerprint density at radius 2 is 1.95 bits per heavy atom. The Balaban J connectivity index is 2.15. The zero-order chi connectivity index (χ0) is 14.9. The fourth-order valence-electron chi connectivity index (χ4n) is 2.37. The molecular weight excluding hydrogens is 280 g/mol. The first-order valence-electron chi connectivity index (χ1n) is 6.41. The van der Waals surface area contributed by atoms with E-state index >= 15 is 0 Å². The molecule has 1 fully saturated rings. The van der Waals surface area contributed by atoms with Gasteiger partial charge < -0.3 is 15.7 Å². The van der Waals surface area contributed by atoms with Crippen LogP contribution in [0.1, 0.15) is 30.1 Å². The molecule has 108 valence electrons. The van der Waals surface area contributed by atoms with E-state index in [4.69, 9.17) is 17.3 Å². The van der Waals surface area contributed by atoms with Crippen LogP contribution in [0.2, 0.25) is 5.02 Å². The molecule has 1 saturated heterocycles. The predicted molar refractivity (Wildman–Crippen MR) is 77.2 cm³/mol. The first-order valence-corrected chi connectivity index (χ1v) is 6.79. The van der Waals surface area contributed by atoms with Gasteiger partial charge in [0.25, 0.3) is 0 Å². The zero-order valence-corrected chi connectivity index (χ0v) is 12.0. The monoisotopic (exact) mass is 296 g/mol. The summed E-state index contributed by atoms with van der Waals surface area (Å²) >= 11 is 6.17.